The standard InChI is InChI=1S/C21H20ClN5O5S2/c22-16-3-1-15(2-4-16)21(28)24-14-18-6-8-20(33-18)34(31,32)26-11-9-25(10-12-26)19-7-5-17(13-23-19)27(29)30/h1-8,13H,9-12,14H2,(H,24,28). The lowest BCUT2D eigenvalue weighted by Gasteiger charge is -2.34. The van der Waals surface area contributed by atoms with E-state index in [1.54, 1.807) is 42.5 Å². The number of rotatable bonds is 7. The minimum atomic E-state index is -3.67. The van der Waals surface area contributed by atoms with Gasteiger partial charge in [-0.1, -0.05) is 11.6 Å². The molecule has 2 aromatic heterocycles. The van der Waals surface area contributed by atoms with Gasteiger partial charge in [-0.2, -0.15) is 4.31 Å². The monoisotopic (exact) mass is 521 g/mol. The van der Waals surface area contributed by atoms with E-state index in [-0.39, 0.29) is 35.4 Å². The molecule has 0 atom stereocenters. The summed E-state index contributed by atoms with van der Waals surface area (Å²) in [7, 11) is -3.67. The van der Waals surface area contributed by atoms with E-state index >= 15 is 0 Å². The predicted octanol–water partition coefficient (Wildman–Crippen LogP) is 3.15. The fourth-order valence-electron chi connectivity index (χ4n) is 3.42. The molecule has 3 aromatic rings. The summed E-state index contributed by atoms with van der Waals surface area (Å²) in [5, 5.41) is 14.1. The minimum absolute atomic E-state index is 0.0946. The highest BCUT2D eigenvalue weighted by molar-refractivity contribution is 7.91. The van der Waals surface area contributed by atoms with Gasteiger partial charge in [0.05, 0.1) is 11.5 Å². The topological polar surface area (TPSA) is 126 Å². The number of halogens is 1. The highest BCUT2D eigenvalue weighted by Gasteiger charge is 2.30. The van der Waals surface area contributed by atoms with E-state index in [4.69, 9.17) is 11.6 Å². The zero-order valence-electron chi connectivity index (χ0n) is 17.8. The van der Waals surface area contributed by atoms with Crippen LogP contribution in [0.25, 0.3) is 0 Å². The number of nitrogens with zero attached hydrogens (tertiary/aromatic N) is 4. The quantitative estimate of drug-likeness (QED) is 0.374. The van der Waals surface area contributed by atoms with Gasteiger partial charge < -0.3 is 10.2 Å². The summed E-state index contributed by atoms with van der Waals surface area (Å²) in [4.78, 5) is 29.2. The van der Waals surface area contributed by atoms with Crippen molar-refractivity contribution in [2.75, 3.05) is 31.1 Å². The van der Waals surface area contributed by atoms with Gasteiger partial charge in [0.2, 0.25) is 0 Å². The molecule has 178 valence electrons. The number of anilines is 1. The van der Waals surface area contributed by atoms with Gasteiger partial charge >= 0.3 is 0 Å². The smallest absolute Gasteiger partial charge is 0.287 e. The second-order valence-electron chi connectivity index (χ2n) is 7.43. The molecule has 0 spiro atoms. The first-order valence-electron chi connectivity index (χ1n) is 10.2. The summed E-state index contributed by atoms with van der Waals surface area (Å²) in [6.07, 6.45) is 1.19. The van der Waals surface area contributed by atoms with Crippen molar-refractivity contribution < 1.29 is 18.1 Å². The first-order chi connectivity index (χ1) is 16.2. The molecule has 1 amide bonds. The van der Waals surface area contributed by atoms with E-state index in [9.17, 15) is 23.3 Å². The van der Waals surface area contributed by atoms with Crippen LogP contribution in [-0.2, 0) is 16.6 Å². The van der Waals surface area contributed by atoms with Crippen molar-refractivity contribution in [3.63, 3.8) is 0 Å². The Hall–Kier alpha value is -3.06. The fourth-order valence-corrected chi connectivity index (χ4v) is 6.42. The zero-order valence-corrected chi connectivity index (χ0v) is 20.1. The Morgan fingerprint density at radius 3 is 2.41 bits per heavy atom. The first kappa shape index (κ1) is 24.1. The number of nitrogens with one attached hydrogen (secondary N) is 1. The van der Waals surface area contributed by atoms with Crippen molar-refractivity contribution in [2.24, 2.45) is 0 Å². The van der Waals surface area contributed by atoms with E-state index in [0.29, 0.717) is 29.5 Å². The molecule has 1 N–H and O–H groups in total. The van der Waals surface area contributed by atoms with Crippen LogP contribution < -0.4 is 10.2 Å². The third-order valence-corrected chi connectivity index (χ3v) is 8.97. The van der Waals surface area contributed by atoms with Gasteiger partial charge in [0.1, 0.15) is 16.2 Å². The molecule has 34 heavy (non-hydrogen) atoms. The number of carbonyl (C=O) groups excluding carboxylic acids is 1. The van der Waals surface area contributed by atoms with E-state index in [0.717, 1.165) is 16.2 Å². The van der Waals surface area contributed by atoms with Crippen molar-refractivity contribution >= 4 is 50.4 Å². The molecule has 1 saturated heterocycles. The largest absolute Gasteiger partial charge is 0.354 e. The molecule has 0 aliphatic carbocycles. The van der Waals surface area contributed by atoms with Crippen LogP contribution in [0.1, 0.15) is 15.2 Å². The summed E-state index contributed by atoms with van der Waals surface area (Å²) in [5.41, 5.74) is 0.372. The molecule has 0 saturated carbocycles. The van der Waals surface area contributed by atoms with Crippen molar-refractivity contribution in [3.05, 3.63) is 80.3 Å². The van der Waals surface area contributed by atoms with Crippen molar-refractivity contribution in [3.8, 4) is 0 Å². The maximum atomic E-state index is 13.1. The number of sulfonamides is 1. The van der Waals surface area contributed by atoms with Gasteiger partial charge in [-0.05, 0) is 42.5 Å². The van der Waals surface area contributed by atoms with Crippen LogP contribution in [0.2, 0.25) is 5.02 Å². The van der Waals surface area contributed by atoms with Gasteiger partial charge in [0.25, 0.3) is 21.6 Å². The van der Waals surface area contributed by atoms with Gasteiger partial charge in [0.15, 0.2) is 0 Å². The highest BCUT2D eigenvalue weighted by Crippen LogP contribution is 2.27. The van der Waals surface area contributed by atoms with Crippen LogP contribution in [-0.4, -0.2) is 54.7 Å². The van der Waals surface area contributed by atoms with Crippen molar-refractivity contribution in [1.29, 1.82) is 0 Å². The van der Waals surface area contributed by atoms with Crippen LogP contribution in [0, 0.1) is 10.1 Å². The molecule has 1 aromatic carbocycles. The normalized spacial score (nSPS) is 14.7. The Labute approximate surface area is 205 Å². The minimum Gasteiger partial charge on any atom is -0.354 e. The second-order valence-corrected chi connectivity index (χ2v) is 11.2. The van der Waals surface area contributed by atoms with E-state index in [1.807, 2.05) is 4.90 Å². The fraction of sp³-hybridized carbons (Fsp3) is 0.238. The number of hydrogen-bond acceptors (Lipinski definition) is 8. The molecular weight excluding hydrogens is 502 g/mol. The van der Waals surface area contributed by atoms with Crippen LogP contribution in [0.3, 0.4) is 0 Å². The summed E-state index contributed by atoms with van der Waals surface area (Å²) in [6.45, 7) is 1.57. The summed E-state index contributed by atoms with van der Waals surface area (Å²) in [6, 6.07) is 12.7. The molecule has 0 unspecified atom stereocenters. The molecule has 13 heteroatoms. The molecule has 10 nitrogen and oxygen atoms in total. The van der Waals surface area contributed by atoms with Crippen LogP contribution in [0.15, 0.2) is 58.9 Å². The van der Waals surface area contributed by atoms with Crippen molar-refractivity contribution in [2.45, 2.75) is 10.8 Å². The number of pyridine rings is 1. The SMILES string of the molecule is O=C(NCc1ccc(S(=O)(=O)N2CCN(c3ccc([N+](=O)[O-])cn3)CC2)s1)c1ccc(Cl)cc1. The molecule has 1 fully saturated rings. The van der Waals surface area contributed by atoms with E-state index in [2.05, 4.69) is 10.3 Å². The Morgan fingerprint density at radius 2 is 1.79 bits per heavy atom. The number of benzene rings is 1. The molecule has 4 rings (SSSR count). The van der Waals surface area contributed by atoms with Crippen LogP contribution >= 0.6 is 22.9 Å². The van der Waals surface area contributed by atoms with Crippen LogP contribution in [0.4, 0.5) is 11.5 Å². The first-order valence-corrected chi connectivity index (χ1v) is 12.9. The molecule has 0 bridgehead atoms. The Kier molecular flexibility index (Phi) is 7.12. The van der Waals surface area contributed by atoms with E-state index < -0.39 is 14.9 Å². The average molecular weight is 522 g/mol. The maximum absolute atomic E-state index is 13.1. The summed E-state index contributed by atoms with van der Waals surface area (Å²) < 4.78 is 27.8. The molecule has 0 radical (unpaired) electrons. The predicted molar refractivity (Wildman–Crippen MR) is 129 cm³/mol. The maximum Gasteiger partial charge on any atom is 0.287 e. The number of carbonyl (C=O) groups is 1. The van der Waals surface area contributed by atoms with E-state index in [1.165, 1.54) is 16.6 Å². The Morgan fingerprint density at radius 1 is 1.09 bits per heavy atom. The van der Waals surface area contributed by atoms with Gasteiger partial charge in [-0.15, -0.1) is 11.3 Å². The molecule has 3 heterocycles. The van der Waals surface area contributed by atoms with Gasteiger partial charge in [0, 0.05) is 47.7 Å². The zero-order chi connectivity index (χ0) is 24.3. The number of amides is 1. The van der Waals surface area contributed by atoms with Gasteiger partial charge in [-0.25, -0.2) is 13.4 Å². The van der Waals surface area contributed by atoms with Crippen LogP contribution in [0.5, 0.6) is 0 Å². The van der Waals surface area contributed by atoms with Crippen molar-refractivity contribution in [1.82, 2.24) is 14.6 Å². The molecule has 1 aliphatic rings. The second kappa shape index (κ2) is 10.1. The number of piperazine rings is 1. The lowest BCUT2D eigenvalue weighted by molar-refractivity contribution is -0.385. The number of aromatic nitrogens is 1. The average Bonchev–Trinajstić information content (AvgIpc) is 3.33. The number of nitro groups is 1. The molecule has 1 aliphatic heterocycles. The van der Waals surface area contributed by atoms with Gasteiger partial charge in [-0.3, -0.25) is 14.9 Å². The Balaban J connectivity index is 1.34. The lowest BCUT2D eigenvalue weighted by atomic mass is 10.2. The third kappa shape index (κ3) is 5.36. The Bertz CT molecular complexity index is 1290. The third-order valence-electron chi connectivity index (χ3n) is 5.27. The lowest BCUT2D eigenvalue weighted by Crippen LogP contribution is -2.48. The highest BCUT2D eigenvalue weighted by atomic mass is 35.5. The molecular formula is C21H20ClN5O5S2. The summed E-state index contributed by atoms with van der Waals surface area (Å²) in [5.74, 6) is 0.294. The number of thiophene rings is 1. The number of hydrogen-bond donors (Lipinski definition) is 1. The summed E-state index contributed by atoms with van der Waals surface area (Å²) >= 11 is 6.95.